The van der Waals surface area contributed by atoms with E-state index in [9.17, 15) is 27.6 Å². The maximum absolute atomic E-state index is 13.8. The number of hydrogen-bond acceptors (Lipinski definition) is 3. The van der Waals surface area contributed by atoms with Gasteiger partial charge in [0.1, 0.15) is 12.6 Å². The van der Waals surface area contributed by atoms with Crippen molar-refractivity contribution in [3.8, 4) is 0 Å². The molecule has 3 amide bonds. The Labute approximate surface area is 163 Å². The minimum absolute atomic E-state index is 0.276. The van der Waals surface area contributed by atoms with Crippen LogP contribution in [0, 0.1) is 17.5 Å². The van der Waals surface area contributed by atoms with E-state index in [0.717, 1.165) is 6.07 Å². The highest BCUT2D eigenvalue weighted by molar-refractivity contribution is 6.13. The van der Waals surface area contributed by atoms with Crippen LogP contribution in [-0.2, 0) is 9.59 Å². The van der Waals surface area contributed by atoms with Crippen molar-refractivity contribution in [3.05, 3.63) is 59.4 Å². The Kier molecular flexibility index (Phi) is 4.73. The number of fused-ring (bicyclic) bond motifs is 2. The lowest BCUT2D eigenvalue weighted by Gasteiger charge is -2.25. The Balaban J connectivity index is 1.64. The molecular weight excluding hydrogens is 387 g/mol. The van der Waals surface area contributed by atoms with Gasteiger partial charge < -0.3 is 15.1 Å². The Hall–Kier alpha value is -3.36. The highest BCUT2D eigenvalue weighted by Crippen LogP contribution is 2.32. The predicted molar refractivity (Wildman–Crippen MR) is 97.8 cm³/mol. The summed E-state index contributed by atoms with van der Waals surface area (Å²) < 4.78 is 40.3. The summed E-state index contributed by atoms with van der Waals surface area (Å²) in [5.41, 5.74) is 0.0258. The molecule has 0 bridgehead atoms. The van der Waals surface area contributed by atoms with Gasteiger partial charge in [0, 0.05) is 6.54 Å². The van der Waals surface area contributed by atoms with Crippen molar-refractivity contribution in [1.82, 2.24) is 4.90 Å². The van der Waals surface area contributed by atoms with Crippen molar-refractivity contribution in [3.63, 3.8) is 0 Å². The minimum Gasteiger partial charge on any atom is -0.327 e. The zero-order chi connectivity index (χ0) is 20.7. The number of nitrogens with one attached hydrogen (secondary N) is 1. The molecule has 2 aromatic carbocycles. The van der Waals surface area contributed by atoms with Gasteiger partial charge in [-0.05, 0) is 37.1 Å². The lowest BCUT2D eigenvalue weighted by molar-refractivity contribution is -0.124. The summed E-state index contributed by atoms with van der Waals surface area (Å²) in [6.45, 7) is -0.0599. The van der Waals surface area contributed by atoms with Crippen LogP contribution in [0.2, 0.25) is 0 Å². The molecular formula is C20H16F3N3O3. The summed E-state index contributed by atoms with van der Waals surface area (Å²) in [7, 11) is 0. The summed E-state index contributed by atoms with van der Waals surface area (Å²) in [5.74, 6) is -6.12. The second-order valence-electron chi connectivity index (χ2n) is 6.87. The van der Waals surface area contributed by atoms with Crippen LogP contribution >= 0.6 is 0 Å². The molecule has 0 radical (unpaired) electrons. The first-order chi connectivity index (χ1) is 13.9. The fourth-order valence-electron chi connectivity index (χ4n) is 3.73. The number of benzene rings is 2. The van der Waals surface area contributed by atoms with Gasteiger partial charge >= 0.3 is 0 Å². The standard InChI is InChI=1S/C20H16F3N3O3/c21-12-7-8-13(18(23)17(12)22)24-16(27)10-26-14-5-2-1-4-11(14)19(28)25-9-3-6-15(25)20(26)29/h1-2,4-5,7-8,15H,3,6,9-10H2,(H,24,27). The topological polar surface area (TPSA) is 69.7 Å². The van der Waals surface area contributed by atoms with Crippen molar-refractivity contribution in [1.29, 1.82) is 0 Å². The van der Waals surface area contributed by atoms with Crippen LogP contribution in [0.25, 0.3) is 0 Å². The predicted octanol–water partition coefficient (Wildman–Crippen LogP) is 2.69. The molecule has 1 unspecified atom stereocenters. The SMILES string of the molecule is O=C(CN1C(=O)C2CCCN2C(=O)c2ccccc21)Nc1ccc(F)c(F)c1F. The van der Waals surface area contributed by atoms with E-state index < -0.39 is 47.5 Å². The van der Waals surface area contributed by atoms with E-state index in [1.807, 2.05) is 0 Å². The number of carbonyl (C=O) groups is 3. The molecule has 1 saturated heterocycles. The van der Waals surface area contributed by atoms with Gasteiger partial charge in [-0.25, -0.2) is 13.2 Å². The fraction of sp³-hybridized carbons (Fsp3) is 0.250. The van der Waals surface area contributed by atoms with E-state index in [1.165, 1.54) is 9.80 Å². The molecule has 2 aromatic rings. The molecule has 0 spiro atoms. The number of carbonyl (C=O) groups excluding carboxylic acids is 3. The van der Waals surface area contributed by atoms with E-state index in [-0.39, 0.29) is 17.2 Å². The number of para-hydroxylation sites is 1. The van der Waals surface area contributed by atoms with Gasteiger partial charge in [-0.15, -0.1) is 0 Å². The van der Waals surface area contributed by atoms with Crippen molar-refractivity contribution in [2.45, 2.75) is 18.9 Å². The summed E-state index contributed by atoms with van der Waals surface area (Å²) >= 11 is 0. The van der Waals surface area contributed by atoms with Gasteiger partial charge in [-0.3, -0.25) is 14.4 Å². The monoisotopic (exact) mass is 403 g/mol. The first-order valence-corrected chi connectivity index (χ1v) is 9.03. The Bertz CT molecular complexity index is 1030. The average molecular weight is 403 g/mol. The second kappa shape index (κ2) is 7.23. The Morgan fingerprint density at radius 1 is 1.07 bits per heavy atom. The largest absolute Gasteiger partial charge is 0.327 e. The van der Waals surface area contributed by atoms with E-state index in [2.05, 4.69) is 5.32 Å². The van der Waals surface area contributed by atoms with Crippen molar-refractivity contribution >= 4 is 29.1 Å². The van der Waals surface area contributed by atoms with Crippen LogP contribution in [0.5, 0.6) is 0 Å². The zero-order valence-corrected chi connectivity index (χ0v) is 15.1. The van der Waals surface area contributed by atoms with Gasteiger partial charge in [0.2, 0.25) is 11.8 Å². The molecule has 1 N–H and O–H groups in total. The van der Waals surface area contributed by atoms with Gasteiger partial charge in [0.15, 0.2) is 17.5 Å². The molecule has 2 aliphatic rings. The Morgan fingerprint density at radius 2 is 1.83 bits per heavy atom. The van der Waals surface area contributed by atoms with E-state index >= 15 is 0 Å². The molecule has 1 fully saturated rings. The first-order valence-electron chi connectivity index (χ1n) is 9.03. The summed E-state index contributed by atoms with van der Waals surface area (Å²) in [6, 6.07) is 7.33. The van der Waals surface area contributed by atoms with Crippen LogP contribution < -0.4 is 10.2 Å². The highest BCUT2D eigenvalue weighted by Gasteiger charge is 2.42. The molecule has 1 atom stereocenters. The highest BCUT2D eigenvalue weighted by atomic mass is 19.2. The summed E-state index contributed by atoms with van der Waals surface area (Å²) in [6.07, 6.45) is 1.15. The number of amides is 3. The van der Waals surface area contributed by atoms with E-state index in [0.29, 0.717) is 25.5 Å². The van der Waals surface area contributed by atoms with Crippen molar-refractivity contribution in [2.24, 2.45) is 0 Å². The molecule has 2 aliphatic heterocycles. The zero-order valence-electron chi connectivity index (χ0n) is 15.1. The van der Waals surface area contributed by atoms with Crippen LogP contribution in [0.3, 0.4) is 0 Å². The minimum atomic E-state index is -1.70. The molecule has 4 rings (SSSR count). The molecule has 6 nitrogen and oxygen atoms in total. The number of anilines is 2. The quantitative estimate of drug-likeness (QED) is 0.802. The molecule has 2 heterocycles. The van der Waals surface area contributed by atoms with Gasteiger partial charge in [0.25, 0.3) is 5.91 Å². The molecule has 0 aromatic heterocycles. The van der Waals surface area contributed by atoms with Gasteiger partial charge in [0.05, 0.1) is 16.9 Å². The van der Waals surface area contributed by atoms with E-state index in [1.54, 1.807) is 24.3 Å². The molecule has 0 aliphatic carbocycles. The molecule has 0 saturated carbocycles. The van der Waals surface area contributed by atoms with Crippen molar-refractivity contribution < 1.29 is 27.6 Å². The van der Waals surface area contributed by atoms with Crippen molar-refractivity contribution in [2.75, 3.05) is 23.3 Å². The maximum Gasteiger partial charge on any atom is 0.256 e. The van der Waals surface area contributed by atoms with Crippen LogP contribution in [0.15, 0.2) is 36.4 Å². The number of hydrogen-bond donors (Lipinski definition) is 1. The third kappa shape index (κ3) is 3.22. The second-order valence-corrected chi connectivity index (χ2v) is 6.87. The molecule has 150 valence electrons. The number of halogens is 3. The molecule has 9 heteroatoms. The Morgan fingerprint density at radius 3 is 2.62 bits per heavy atom. The number of nitrogens with zero attached hydrogens (tertiary/aromatic N) is 2. The number of rotatable bonds is 3. The van der Waals surface area contributed by atoms with E-state index in [4.69, 9.17) is 0 Å². The van der Waals surface area contributed by atoms with Gasteiger partial charge in [-0.2, -0.15) is 0 Å². The summed E-state index contributed by atoms with van der Waals surface area (Å²) in [5, 5.41) is 2.16. The third-order valence-electron chi connectivity index (χ3n) is 5.10. The fourth-order valence-corrected chi connectivity index (χ4v) is 3.73. The average Bonchev–Trinajstić information content (AvgIpc) is 3.19. The van der Waals surface area contributed by atoms with Crippen LogP contribution in [-0.4, -0.2) is 41.8 Å². The third-order valence-corrected chi connectivity index (χ3v) is 5.10. The van der Waals surface area contributed by atoms with Gasteiger partial charge in [-0.1, -0.05) is 12.1 Å². The van der Waals surface area contributed by atoms with Crippen LogP contribution in [0.4, 0.5) is 24.5 Å². The summed E-state index contributed by atoms with van der Waals surface area (Å²) in [4.78, 5) is 41.0. The smallest absolute Gasteiger partial charge is 0.256 e. The lowest BCUT2D eigenvalue weighted by atomic mass is 10.1. The lowest BCUT2D eigenvalue weighted by Crippen LogP contribution is -2.47. The van der Waals surface area contributed by atoms with Crippen LogP contribution in [0.1, 0.15) is 23.2 Å². The first kappa shape index (κ1) is 19.0. The normalized spacial score (nSPS) is 18.4. The maximum atomic E-state index is 13.8. The molecule has 29 heavy (non-hydrogen) atoms.